The van der Waals surface area contributed by atoms with Gasteiger partial charge in [-0.25, -0.2) is 0 Å². The highest BCUT2D eigenvalue weighted by Gasteiger charge is 2.31. The number of halogens is 4. The smallest absolute Gasteiger partial charge is 0.189 e. The average molecular weight is 370 g/mol. The third kappa shape index (κ3) is 1.70. The number of rotatable bonds is 0. The van der Waals surface area contributed by atoms with E-state index in [0.717, 1.165) is 0 Å². The molecule has 0 spiro atoms. The summed E-state index contributed by atoms with van der Waals surface area (Å²) in [6.07, 6.45) is 2.59. The van der Waals surface area contributed by atoms with Crippen LogP contribution >= 0.6 is 46.4 Å². The van der Waals surface area contributed by atoms with Gasteiger partial charge in [-0.2, -0.15) is 0 Å². The van der Waals surface area contributed by atoms with Crippen LogP contribution in [0, 0.1) is 0 Å². The van der Waals surface area contributed by atoms with Gasteiger partial charge >= 0.3 is 0 Å². The van der Waals surface area contributed by atoms with Gasteiger partial charge in [0.2, 0.25) is 0 Å². The van der Waals surface area contributed by atoms with Crippen molar-refractivity contribution in [3.63, 3.8) is 0 Å². The van der Waals surface area contributed by atoms with E-state index in [1.807, 2.05) is 0 Å². The van der Waals surface area contributed by atoms with Gasteiger partial charge in [0.1, 0.15) is 0 Å². The quantitative estimate of drug-likeness (QED) is 0.596. The molecule has 2 aromatic rings. The van der Waals surface area contributed by atoms with Crippen LogP contribution in [0.4, 0.5) is 0 Å². The largest absolute Gasteiger partial charge is 0.289 e. The van der Waals surface area contributed by atoms with Crippen molar-refractivity contribution >= 4 is 78.8 Å². The van der Waals surface area contributed by atoms with Crippen LogP contribution in [0.5, 0.6) is 0 Å². The Labute approximate surface area is 144 Å². The Hall–Kier alpha value is -1.32. The molecule has 0 unspecified atom stereocenters. The molecular formula is C16H4Cl4O2. The third-order valence-corrected chi connectivity index (χ3v) is 5.04. The van der Waals surface area contributed by atoms with Gasteiger partial charge in [-0.05, 0) is 12.1 Å². The predicted octanol–water partition coefficient (Wildman–Crippen LogP) is 5.70. The Morgan fingerprint density at radius 2 is 1.23 bits per heavy atom. The highest BCUT2D eigenvalue weighted by molar-refractivity contribution is 6.58. The van der Waals surface area contributed by atoms with E-state index in [2.05, 4.69) is 0 Å². The van der Waals surface area contributed by atoms with E-state index in [4.69, 9.17) is 46.4 Å². The summed E-state index contributed by atoms with van der Waals surface area (Å²) >= 11 is 24.9. The first-order valence-electron chi connectivity index (χ1n) is 6.22. The number of hydrogen-bond donors (Lipinski definition) is 0. The highest BCUT2D eigenvalue weighted by atomic mass is 35.5. The third-order valence-electron chi connectivity index (χ3n) is 3.83. The molecule has 0 aromatic heterocycles. The number of hydrogen-bond acceptors (Lipinski definition) is 2. The Kier molecular flexibility index (Phi) is 2.98. The van der Waals surface area contributed by atoms with Gasteiger partial charge in [-0.3, -0.25) is 9.59 Å². The summed E-state index contributed by atoms with van der Waals surface area (Å²) in [6, 6.07) is 3.14. The lowest BCUT2D eigenvalue weighted by atomic mass is 9.84. The Balaban J connectivity index is 2.37. The Morgan fingerprint density at radius 3 is 1.95 bits per heavy atom. The van der Waals surface area contributed by atoms with Crippen LogP contribution in [-0.4, -0.2) is 11.6 Å². The molecule has 0 radical (unpaired) electrons. The van der Waals surface area contributed by atoms with Gasteiger partial charge in [0.25, 0.3) is 0 Å². The van der Waals surface area contributed by atoms with Gasteiger partial charge in [0, 0.05) is 45.2 Å². The Morgan fingerprint density at radius 1 is 0.636 bits per heavy atom. The zero-order chi connectivity index (χ0) is 15.8. The molecule has 0 heterocycles. The molecular weight excluding hydrogens is 366 g/mol. The van der Waals surface area contributed by atoms with Crippen molar-refractivity contribution in [2.75, 3.05) is 0 Å². The zero-order valence-electron chi connectivity index (χ0n) is 10.6. The standard InChI is InChI=1S/C16H4Cl4O2/c17-7-3-11(21)6-2-8(18)14-10(20)4-12(22)15-9(19)1-5(7)13(6)16(14)15/h1-4H. The SMILES string of the molecule is O=C1C=C(Cl)c2cc(Cl)c3c4c(c(Cl)cc1c24)C(Cl)=CC3=O. The summed E-state index contributed by atoms with van der Waals surface area (Å²) in [4.78, 5) is 24.5. The fourth-order valence-electron chi connectivity index (χ4n) is 2.96. The maximum absolute atomic E-state index is 12.3. The summed E-state index contributed by atoms with van der Waals surface area (Å²) in [7, 11) is 0. The minimum absolute atomic E-state index is 0.223. The van der Waals surface area contributed by atoms with Crippen molar-refractivity contribution in [1.29, 1.82) is 0 Å². The number of carbonyl (C=O) groups is 2. The lowest BCUT2D eigenvalue weighted by Gasteiger charge is -2.23. The summed E-state index contributed by atoms with van der Waals surface area (Å²) in [5, 5.41) is 2.10. The molecule has 2 nitrogen and oxygen atoms in total. The number of carbonyl (C=O) groups excluding carboxylic acids is 2. The van der Waals surface area contributed by atoms with Crippen molar-refractivity contribution in [1.82, 2.24) is 0 Å². The average Bonchev–Trinajstić information content (AvgIpc) is 2.42. The molecule has 0 atom stereocenters. The maximum Gasteiger partial charge on any atom is 0.189 e. The minimum atomic E-state index is -0.319. The topological polar surface area (TPSA) is 34.1 Å². The first-order valence-corrected chi connectivity index (χ1v) is 7.74. The van der Waals surface area contributed by atoms with Crippen LogP contribution in [0.2, 0.25) is 10.0 Å². The fraction of sp³-hybridized carbons (Fsp3) is 0. The second-order valence-electron chi connectivity index (χ2n) is 5.02. The van der Waals surface area contributed by atoms with Crippen LogP contribution in [0.15, 0.2) is 24.3 Å². The number of benzene rings is 2. The summed E-state index contributed by atoms with van der Waals surface area (Å²) in [5.41, 5.74) is 1.78. The molecule has 2 aliphatic rings. The van der Waals surface area contributed by atoms with E-state index in [1.165, 1.54) is 12.2 Å². The highest BCUT2D eigenvalue weighted by Crippen LogP contribution is 2.47. The fourth-order valence-corrected chi connectivity index (χ4v) is 4.15. The van der Waals surface area contributed by atoms with E-state index in [-0.39, 0.29) is 26.7 Å². The van der Waals surface area contributed by atoms with E-state index >= 15 is 0 Å². The van der Waals surface area contributed by atoms with Gasteiger partial charge < -0.3 is 0 Å². The molecule has 0 fully saturated rings. The van der Waals surface area contributed by atoms with Gasteiger partial charge in [-0.1, -0.05) is 46.4 Å². The van der Waals surface area contributed by atoms with Gasteiger partial charge in [0.15, 0.2) is 11.6 Å². The second-order valence-corrected chi connectivity index (χ2v) is 6.65. The van der Waals surface area contributed by atoms with Crippen molar-refractivity contribution in [3.8, 4) is 0 Å². The first kappa shape index (κ1) is 14.3. The van der Waals surface area contributed by atoms with E-state index in [0.29, 0.717) is 38.0 Å². The zero-order valence-corrected chi connectivity index (χ0v) is 13.7. The summed E-state index contributed by atoms with van der Waals surface area (Å²) in [5.74, 6) is -0.585. The number of allylic oxidation sites excluding steroid dienone is 2. The molecule has 2 aliphatic carbocycles. The van der Waals surface area contributed by atoms with Crippen LogP contribution < -0.4 is 0 Å². The minimum Gasteiger partial charge on any atom is -0.289 e. The van der Waals surface area contributed by atoms with Crippen molar-refractivity contribution in [2.45, 2.75) is 0 Å². The molecule has 0 aliphatic heterocycles. The molecule has 0 N–H and O–H groups in total. The Bertz CT molecular complexity index is 999. The monoisotopic (exact) mass is 368 g/mol. The first-order chi connectivity index (χ1) is 10.4. The van der Waals surface area contributed by atoms with Crippen LogP contribution in [0.3, 0.4) is 0 Å². The van der Waals surface area contributed by atoms with E-state index in [9.17, 15) is 9.59 Å². The summed E-state index contributed by atoms with van der Waals surface area (Å²) in [6.45, 7) is 0. The molecule has 0 saturated carbocycles. The summed E-state index contributed by atoms with van der Waals surface area (Å²) < 4.78 is 0. The molecule has 2 aromatic carbocycles. The maximum atomic E-state index is 12.3. The molecule has 0 saturated heterocycles. The van der Waals surface area contributed by atoms with Crippen molar-refractivity contribution in [2.24, 2.45) is 0 Å². The molecule has 6 heteroatoms. The molecule has 0 bridgehead atoms. The van der Waals surface area contributed by atoms with Crippen molar-refractivity contribution in [3.05, 3.63) is 56.6 Å². The van der Waals surface area contributed by atoms with Crippen molar-refractivity contribution < 1.29 is 9.59 Å². The van der Waals surface area contributed by atoms with Gasteiger partial charge in [0.05, 0.1) is 20.1 Å². The molecule has 108 valence electrons. The van der Waals surface area contributed by atoms with E-state index < -0.39 is 0 Å². The predicted molar refractivity (Wildman–Crippen MR) is 90.3 cm³/mol. The van der Waals surface area contributed by atoms with Gasteiger partial charge in [-0.15, -0.1) is 0 Å². The lowest BCUT2D eigenvalue weighted by Crippen LogP contribution is -2.11. The van der Waals surface area contributed by atoms with Crippen LogP contribution in [-0.2, 0) is 0 Å². The lowest BCUT2D eigenvalue weighted by molar-refractivity contribution is 0.103. The molecule has 0 amide bonds. The van der Waals surface area contributed by atoms with Crippen LogP contribution in [0.25, 0.3) is 20.8 Å². The second kappa shape index (κ2) is 4.59. The normalized spacial score (nSPS) is 16.0. The van der Waals surface area contributed by atoms with Crippen LogP contribution in [0.1, 0.15) is 31.8 Å². The molecule has 22 heavy (non-hydrogen) atoms. The number of ketones is 2. The van der Waals surface area contributed by atoms with E-state index in [1.54, 1.807) is 12.1 Å². The molecule has 4 rings (SSSR count).